The van der Waals surface area contributed by atoms with Crippen molar-refractivity contribution in [2.24, 2.45) is 10.7 Å². The van der Waals surface area contributed by atoms with Crippen LogP contribution in [0, 0.1) is 0 Å². The van der Waals surface area contributed by atoms with Crippen molar-refractivity contribution in [2.45, 2.75) is 5.54 Å². The lowest BCUT2D eigenvalue weighted by Gasteiger charge is -2.34. The molecule has 3 aromatic rings. The van der Waals surface area contributed by atoms with Gasteiger partial charge in [0.2, 0.25) is 5.54 Å². The number of methoxy groups -OCH3 is 1. The van der Waals surface area contributed by atoms with Crippen LogP contribution in [0.4, 0.5) is 0 Å². The first-order valence-corrected chi connectivity index (χ1v) is 9.57. The number of rotatable bonds is 2. The Morgan fingerprint density at radius 1 is 1.07 bits per heavy atom. The Hall–Kier alpha value is -3.58. The molecule has 7 nitrogen and oxygen atoms in total. The van der Waals surface area contributed by atoms with Crippen molar-refractivity contribution in [3.05, 3.63) is 71.0 Å². The molecule has 2 aliphatic rings. The average Bonchev–Trinajstić information content (AvgIpc) is 2.98. The van der Waals surface area contributed by atoms with Crippen molar-refractivity contribution in [1.29, 1.82) is 0 Å². The van der Waals surface area contributed by atoms with Crippen LogP contribution in [0.15, 0.2) is 59.9 Å². The van der Waals surface area contributed by atoms with E-state index in [1.54, 1.807) is 44.8 Å². The van der Waals surface area contributed by atoms with Crippen LogP contribution < -0.4 is 15.2 Å². The van der Waals surface area contributed by atoms with Crippen LogP contribution in [0.5, 0.6) is 17.2 Å². The molecule has 0 radical (unpaired) electrons. The number of pyridine rings is 1. The maximum atomic E-state index is 13.5. The molecular weight excluding hydrogens is 404 g/mol. The Morgan fingerprint density at radius 3 is 2.60 bits per heavy atom. The summed E-state index contributed by atoms with van der Waals surface area (Å²) >= 11 is 6.12. The van der Waals surface area contributed by atoms with E-state index in [1.807, 2.05) is 24.3 Å². The number of ether oxygens (including phenoxy) is 2. The van der Waals surface area contributed by atoms with E-state index >= 15 is 0 Å². The van der Waals surface area contributed by atoms with E-state index in [2.05, 4.69) is 9.98 Å². The van der Waals surface area contributed by atoms with Crippen LogP contribution in [-0.2, 0) is 10.3 Å². The number of hydrogen-bond donors (Lipinski definition) is 1. The highest BCUT2D eigenvalue weighted by atomic mass is 35.5. The van der Waals surface area contributed by atoms with Gasteiger partial charge in [0.1, 0.15) is 17.2 Å². The monoisotopic (exact) mass is 420 g/mol. The van der Waals surface area contributed by atoms with E-state index in [4.69, 9.17) is 26.8 Å². The van der Waals surface area contributed by atoms with Crippen molar-refractivity contribution in [1.82, 2.24) is 9.88 Å². The number of likely N-dealkylation sites (N-methyl/N-ethyl adjacent to an activating group) is 1. The Balaban J connectivity index is 1.78. The Kier molecular flexibility index (Phi) is 3.98. The molecule has 1 amide bonds. The van der Waals surface area contributed by atoms with Crippen molar-refractivity contribution in [3.8, 4) is 28.4 Å². The van der Waals surface area contributed by atoms with Gasteiger partial charge in [0.25, 0.3) is 5.91 Å². The molecule has 2 aromatic carbocycles. The molecule has 2 aliphatic heterocycles. The summed E-state index contributed by atoms with van der Waals surface area (Å²) in [5.74, 6) is 1.53. The van der Waals surface area contributed by atoms with Gasteiger partial charge in [0, 0.05) is 42.2 Å². The normalized spacial score (nSPS) is 19.2. The lowest BCUT2D eigenvalue weighted by molar-refractivity contribution is -0.129. The minimum Gasteiger partial charge on any atom is -0.497 e. The lowest BCUT2D eigenvalue weighted by atomic mass is 9.79. The number of fused-ring (bicyclic) bond motifs is 4. The van der Waals surface area contributed by atoms with Crippen LogP contribution in [0.25, 0.3) is 11.1 Å². The average molecular weight is 421 g/mol. The number of nitrogens with zero attached hydrogens (tertiary/aromatic N) is 3. The number of nitrogens with two attached hydrogens (primary N) is 1. The predicted octanol–water partition coefficient (Wildman–Crippen LogP) is 3.55. The van der Waals surface area contributed by atoms with Crippen LogP contribution in [0.1, 0.15) is 11.1 Å². The molecule has 3 heterocycles. The fourth-order valence-electron chi connectivity index (χ4n) is 3.92. The highest BCUT2D eigenvalue weighted by Crippen LogP contribution is 2.53. The third kappa shape index (κ3) is 2.48. The first kappa shape index (κ1) is 18.4. The van der Waals surface area contributed by atoms with E-state index in [9.17, 15) is 4.79 Å². The van der Waals surface area contributed by atoms with Crippen molar-refractivity contribution in [3.63, 3.8) is 0 Å². The largest absolute Gasteiger partial charge is 0.497 e. The molecule has 30 heavy (non-hydrogen) atoms. The zero-order chi connectivity index (χ0) is 21.0. The molecule has 1 spiro atoms. The van der Waals surface area contributed by atoms with E-state index in [0.29, 0.717) is 33.4 Å². The number of carbonyl (C=O) groups excluding carboxylic acids is 1. The van der Waals surface area contributed by atoms with Crippen molar-refractivity contribution < 1.29 is 14.3 Å². The summed E-state index contributed by atoms with van der Waals surface area (Å²) < 4.78 is 11.5. The second-order valence-corrected chi connectivity index (χ2v) is 7.55. The molecule has 0 saturated heterocycles. The van der Waals surface area contributed by atoms with E-state index in [1.165, 1.54) is 4.90 Å². The Morgan fingerprint density at radius 2 is 1.90 bits per heavy atom. The number of amides is 1. The summed E-state index contributed by atoms with van der Waals surface area (Å²) in [5, 5.41) is 0.521. The molecule has 8 heteroatoms. The smallest absolute Gasteiger partial charge is 0.266 e. The van der Waals surface area contributed by atoms with Gasteiger partial charge >= 0.3 is 0 Å². The molecule has 1 aromatic heterocycles. The van der Waals surface area contributed by atoms with E-state index < -0.39 is 5.54 Å². The third-order valence-electron chi connectivity index (χ3n) is 5.45. The van der Waals surface area contributed by atoms with Crippen LogP contribution >= 0.6 is 11.6 Å². The molecule has 1 atom stereocenters. The Bertz CT molecular complexity index is 1240. The van der Waals surface area contributed by atoms with Crippen molar-refractivity contribution >= 4 is 23.5 Å². The van der Waals surface area contributed by atoms with Gasteiger partial charge in [-0.05, 0) is 35.9 Å². The number of aromatic nitrogens is 1. The fraction of sp³-hybridized carbons (Fsp3) is 0.136. The van der Waals surface area contributed by atoms with Gasteiger partial charge in [-0.2, -0.15) is 0 Å². The number of halogens is 1. The maximum absolute atomic E-state index is 13.5. The first-order valence-electron chi connectivity index (χ1n) is 9.19. The summed E-state index contributed by atoms with van der Waals surface area (Å²) in [5.41, 5.74) is 7.60. The summed E-state index contributed by atoms with van der Waals surface area (Å²) in [4.78, 5) is 23.6. The molecule has 0 fully saturated rings. The minimum atomic E-state index is -1.34. The highest BCUT2D eigenvalue weighted by molar-refractivity contribution is 6.30. The second kappa shape index (κ2) is 6.47. The summed E-state index contributed by atoms with van der Waals surface area (Å²) in [7, 11) is 3.18. The van der Waals surface area contributed by atoms with Gasteiger partial charge in [-0.3, -0.25) is 14.7 Å². The molecule has 150 valence electrons. The molecule has 5 rings (SSSR count). The number of aliphatic imine (C=N–C) groups is 1. The fourth-order valence-corrected chi connectivity index (χ4v) is 4.09. The molecule has 0 saturated carbocycles. The second-order valence-electron chi connectivity index (χ2n) is 7.11. The van der Waals surface area contributed by atoms with Gasteiger partial charge in [-0.1, -0.05) is 17.7 Å². The van der Waals surface area contributed by atoms with Gasteiger partial charge in [0.15, 0.2) is 5.96 Å². The first-order chi connectivity index (χ1) is 14.4. The molecule has 1 unspecified atom stereocenters. The lowest BCUT2D eigenvalue weighted by Crippen LogP contribution is -2.42. The summed E-state index contributed by atoms with van der Waals surface area (Å²) in [6, 6.07) is 12.7. The van der Waals surface area contributed by atoms with Gasteiger partial charge < -0.3 is 15.2 Å². The zero-order valence-electron chi connectivity index (χ0n) is 16.2. The van der Waals surface area contributed by atoms with Gasteiger partial charge in [-0.25, -0.2) is 4.99 Å². The topological polar surface area (TPSA) is 90.0 Å². The van der Waals surface area contributed by atoms with E-state index in [-0.39, 0.29) is 11.9 Å². The third-order valence-corrected chi connectivity index (χ3v) is 5.65. The Labute approximate surface area is 177 Å². The molecule has 0 aliphatic carbocycles. The SMILES string of the molecule is COc1ccc2c(c1)Oc1ccc(-c3cncc(Cl)c3)cc1C21N=C(N)N(C)C1=O. The zero-order valence-corrected chi connectivity index (χ0v) is 17.0. The van der Waals surface area contributed by atoms with Crippen LogP contribution in [-0.4, -0.2) is 35.9 Å². The molecular formula is C22H17ClN4O3. The quantitative estimate of drug-likeness (QED) is 0.684. The van der Waals surface area contributed by atoms with Gasteiger partial charge in [-0.15, -0.1) is 0 Å². The van der Waals surface area contributed by atoms with Crippen molar-refractivity contribution in [2.75, 3.05) is 14.2 Å². The summed E-state index contributed by atoms with van der Waals surface area (Å²) in [6.45, 7) is 0. The minimum absolute atomic E-state index is 0.143. The standard InChI is InChI=1S/C22H17ClN4O3/c1-27-20(28)22(26-21(27)24)16-5-4-15(29-2)9-19(16)30-18-6-3-12(8-17(18)22)13-7-14(23)11-25-10-13/h3-11H,1-2H3,(H2,24,26). The summed E-state index contributed by atoms with van der Waals surface area (Å²) in [6.07, 6.45) is 3.28. The molecule has 0 bridgehead atoms. The molecule has 2 N–H and O–H groups in total. The number of guanidine groups is 1. The number of carbonyl (C=O) groups is 1. The number of benzene rings is 2. The predicted molar refractivity (Wildman–Crippen MR) is 113 cm³/mol. The van der Waals surface area contributed by atoms with Gasteiger partial charge in [0.05, 0.1) is 12.1 Å². The highest BCUT2D eigenvalue weighted by Gasteiger charge is 2.54. The van der Waals surface area contributed by atoms with Crippen LogP contribution in [0.3, 0.4) is 0 Å². The van der Waals surface area contributed by atoms with Crippen LogP contribution in [0.2, 0.25) is 5.02 Å². The van der Waals surface area contributed by atoms with E-state index in [0.717, 1.165) is 11.1 Å². The number of hydrogen-bond acceptors (Lipinski definition) is 6. The maximum Gasteiger partial charge on any atom is 0.266 e.